The van der Waals surface area contributed by atoms with Gasteiger partial charge in [-0.15, -0.1) is 0 Å². The third kappa shape index (κ3) is 5.11. The SMILES string of the molecule is CC(C)N1CC(C)C(F)(F)C(CC2CN(C(C)C)CC(C3CCCCC34CN(C(C)C)C4)C2(F)F)C1. The lowest BCUT2D eigenvalue weighted by Crippen LogP contribution is -2.68. The number of halogens is 4. The lowest BCUT2D eigenvalue weighted by molar-refractivity contribution is -0.224. The number of alkyl halides is 4. The summed E-state index contributed by atoms with van der Waals surface area (Å²) in [6, 6.07) is 0.712. The van der Waals surface area contributed by atoms with Crippen molar-refractivity contribution in [1.29, 1.82) is 0 Å². The minimum Gasteiger partial charge on any atom is -0.300 e. The van der Waals surface area contributed by atoms with Crippen molar-refractivity contribution in [3.63, 3.8) is 0 Å². The van der Waals surface area contributed by atoms with Crippen molar-refractivity contribution < 1.29 is 17.6 Å². The Labute approximate surface area is 217 Å². The Kier molecular flexibility index (Phi) is 8.18. The van der Waals surface area contributed by atoms with E-state index in [-0.39, 0.29) is 42.9 Å². The average molecular weight is 518 g/mol. The van der Waals surface area contributed by atoms with Gasteiger partial charge in [0.2, 0.25) is 0 Å². The Bertz CT molecular complexity index is 749. The molecule has 3 saturated heterocycles. The molecule has 1 spiro atoms. The number of nitrogens with zero attached hydrogens (tertiary/aromatic N) is 3. The summed E-state index contributed by atoms with van der Waals surface area (Å²) in [6.07, 6.45) is 3.92. The van der Waals surface area contributed by atoms with Crippen LogP contribution in [-0.4, -0.2) is 83.9 Å². The van der Waals surface area contributed by atoms with E-state index >= 15 is 17.6 Å². The van der Waals surface area contributed by atoms with E-state index < -0.39 is 35.5 Å². The maximum atomic E-state index is 16.6. The Morgan fingerprint density at radius 2 is 1.19 bits per heavy atom. The third-order valence-electron chi connectivity index (χ3n) is 10.6. The molecule has 210 valence electrons. The average Bonchev–Trinajstić information content (AvgIpc) is 2.75. The van der Waals surface area contributed by atoms with Crippen molar-refractivity contribution in [2.75, 3.05) is 39.3 Å². The van der Waals surface area contributed by atoms with Crippen LogP contribution in [0.3, 0.4) is 0 Å². The summed E-state index contributed by atoms with van der Waals surface area (Å²) in [5.74, 6) is -9.46. The monoisotopic (exact) mass is 517 g/mol. The minimum absolute atomic E-state index is 0.0289. The van der Waals surface area contributed by atoms with Crippen molar-refractivity contribution in [2.45, 2.75) is 111 Å². The zero-order valence-corrected chi connectivity index (χ0v) is 23.8. The third-order valence-corrected chi connectivity index (χ3v) is 10.6. The molecule has 5 unspecified atom stereocenters. The summed E-state index contributed by atoms with van der Waals surface area (Å²) < 4.78 is 64.0. The lowest BCUT2D eigenvalue weighted by atomic mass is 9.55. The summed E-state index contributed by atoms with van der Waals surface area (Å²) in [4.78, 5) is 6.66. The molecule has 1 saturated carbocycles. The molecule has 36 heavy (non-hydrogen) atoms. The molecule has 0 amide bonds. The first-order chi connectivity index (χ1) is 16.7. The van der Waals surface area contributed by atoms with E-state index in [1.54, 1.807) is 6.92 Å². The van der Waals surface area contributed by atoms with Gasteiger partial charge in [0, 0.05) is 81.1 Å². The molecule has 5 atom stereocenters. The molecule has 3 aliphatic heterocycles. The molecule has 0 N–H and O–H groups in total. The maximum absolute atomic E-state index is 16.6. The van der Waals surface area contributed by atoms with E-state index in [9.17, 15) is 0 Å². The standard InChI is InChI=1S/C29H51F4N3/c1-19(2)34-13-22(7)28(30,31)23(14-34)12-24-15-35(20(3)4)16-26(29(24,32)33)25-10-8-9-11-27(25)17-36(18-27)21(5)6/h19-26H,8-18H2,1-7H3. The second-order valence-electron chi connectivity index (χ2n) is 13.8. The molecule has 0 aromatic carbocycles. The van der Waals surface area contributed by atoms with Crippen LogP contribution in [0.1, 0.15) is 80.6 Å². The fourth-order valence-electron chi connectivity index (χ4n) is 8.04. The molecular weight excluding hydrogens is 466 g/mol. The number of piperidine rings is 2. The largest absolute Gasteiger partial charge is 0.300 e. The van der Waals surface area contributed by atoms with Gasteiger partial charge in [-0.1, -0.05) is 19.8 Å². The number of hydrogen-bond donors (Lipinski definition) is 0. The molecule has 1 aliphatic carbocycles. The van der Waals surface area contributed by atoms with Crippen LogP contribution < -0.4 is 0 Å². The number of hydrogen-bond acceptors (Lipinski definition) is 3. The van der Waals surface area contributed by atoms with Gasteiger partial charge >= 0.3 is 0 Å². The van der Waals surface area contributed by atoms with Gasteiger partial charge in [0.05, 0.1) is 0 Å². The second kappa shape index (κ2) is 10.3. The first-order valence-electron chi connectivity index (χ1n) is 14.7. The fourth-order valence-corrected chi connectivity index (χ4v) is 8.04. The Hall–Kier alpha value is -0.400. The predicted molar refractivity (Wildman–Crippen MR) is 139 cm³/mol. The van der Waals surface area contributed by atoms with Crippen LogP contribution in [0.15, 0.2) is 0 Å². The van der Waals surface area contributed by atoms with Crippen LogP contribution in [0.4, 0.5) is 17.6 Å². The van der Waals surface area contributed by atoms with Crippen molar-refractivity contribution in [1.82, 2.24) is 14.7 Å². The van der Waals surface area contributed by atoms with E-state index in [0.717, 1.165) is 38.8 Å². The highest BCUT2D eigenvalue weighted by molar-refractivity contribution is 5.09. The molecule has 3 nitrogen and oxygen atoms in total. The molecule has 0 aromatic rings. The molecule has 0 aromatic heterocycles. The molecule has 4 fully saturated rings. The van der Waals surface area contributed by atoms with Crippen molar-refractivity contribution in [2.24, 2.45) is 35.0 Å². The smallest absolute Gasteiger partial charge is 0.256 e. The number of rotatable bonds is 6. The van der Waals surface area contributed by atoms with Gasteiger partial charge in [0.25, 0.3) is 11.8 Å². The van der Waals surface area contributed by atoms with Crippen LogP contribution in [0.25, 0.3) is 0 Å². The first kappa shape index (κ1) is 28.6. The van der Waals surface area contributed by atoms with Gasteiger partial charge in [-0.25, -0.2) is 17.6 Å². The van der Waals surface area contributed by atoms with Crippen LogP contribution in [-0.2, 0) is 0 Å². The normalized spacial score (nSPS) is 37.7. The summed E-state index contributed by atoms with van der Waals surface area (Å²) in [5, 5.41) is 0. The molecule has 4 aliphatic rings. The maximum Gasteiger partial charge on any atom is 0.256 e. The minimum atomic E-state index is -2.92. The van der Waals surface area contributed by atoms with Crippen LogP contribution in [0.5, 0.6) is 0 Å². The fraction of sp³-hybridized carbons (Fsp3) is 1.00. The van der Waals surface area contributed by atoms with Crippen molar-refractivity contribution >= 4 is 0 Å². The van der Waals surface area contributed by atoms with Gasteiger partial charge in [0.1, 0.15) is 0 Å². The summed E-state index contributed by atoms with van der Waals surface area (Å²) in [6.45, 7) is 17.1. The Morgan fingerprint density at radius 1 is 0.667 bits per heavy atom. The molecule has 3 heterocycles. The zero-order chi connectivity index (χ0) is 26.6. The summed E-state index contributed by atoms with van der Waals surface area (Å²) in [7, 11) is 0. The molecule has 0 radical (unpaired) electrons. The van der Waals surface area contributed by atoms with Crippen LogP contribution in [0, 0.1) is 35.0 Å². The van der Waals surface area contributed by atoms with E-state index in [1.165, 1.54) is 0 Å². The molecular formula is C29H51F4N3. The molecule has 4 rings (SSSR count). The topological polar surface area (TPSA) is 9.72 Å². The molecule has 7 heteroatoms. The highest BCUT2D eigenvalue weighted by atomic mass is 19.3. The van der Waals surface area contributed by atoms with Gasteiger partial charge in [0.15, 0.2) is 0 Å². The lowest BCUT2D eigenvalue weighted by Gasteiger charge is -2.62. The van der Waals surface area contributed by atoms with Gasteiger partial charge < -0.3 is 0 Å². The van der Waals surface area contributed by atoms with E-state index in [1.807, 2.05) is 13.8 Å². The second-order valence-corrected chi connectivity index (χ2v) is 13.8. The number of likely N-dealkylation sites (tertiary alicyclic amines) is 3. The summed E-state index contributed by atoms with van der Waals surface area (Å²) in [5.41, 5.74) is -0.0289. The predicted octanol–water partition coefficient (Wildman–Crippen LogP) is 6.48. The quantitative estimate of drug-likeness (QED) is 0.374. The highest BCUT2D eigenvalue weighted by Crippen LogP contribution is 2.57. The zero-order valence-electron chi connectivity index (χ0n) is 23.8. The van der Waals surface area contributed by atoms with Gasteiger partial charge in [-0.05, 0) is 72.1 Å². The summed E-state index contributed by atoms with van der Waals surface area (Å²) >= 11 is 0. The van der Waals surface area contributed by atoms with Crippen LogP contribution in [0.2, 0.25) is 0 Å². The Morgan fingerprint density at radius 3 is 1.75 bits per heavy atom. The van der Waals surface area contributed by atoms with E-state index in [4.69, 9.17) is 0 Å². The first-order valence-corrected chi connectivity index (χ1v) is 14.7. The van der Waals surface area contributed by atoms with Crippen LogP contribution >= 0.6 is 0 Å². The van der Waals surface area contributed by atoms with Crippen molar-refractivity contribution in [3.8, 4) is 0 Å². The highest BCUT2D eigenvalue weighted by Gasteiger charge is 2.62. The van der Waals surface area contributed by atoms with Crippen molar-refractivity contribution in [3.05, 3.63) is 0 Å². The molecule has 0 bridgehead atoms. The van der Waals surface area contributed by atoms with E-state index in [0.29, 0.717) is 19.1 Å². The Balaban J connectivity index is 1.61. The van der Waals surface area contributed by atoms with Gasteiger partial charge in [-0.3, -0.25) is 14.7 Å². The van der Waals surface area contributed by atoms with Gasteiger partial charge in [-0.2, -0.15) is 0 Å². The van der Waals surface area contributed by atoms with E-state index in [2.05, 4.69) is 42.4 Å².